The SMILES string of the molecule is CC[C@H](C(=O)NC(C)C)N(Cc1ccc(Cl)cc1Cl)C(=O)CN(c1ccccc1)S(=O)(=O)c1ccc(OC)cc1. The Balaban J connectivity index is 2.06. The number of ether oxygens (including phenoxy) is 1. The predicted molar refractivity (Wildman–Crippen MR) is 158 cm³/mol. The number of para-hydroxylation sites is 1. The number of amides is 2. The average Bonchev–Trinajstić information content (AvgIpc) is 2.92. The minimum absolute atomic E-state index is 0.0122. The minimum atomic E-state index is -4.18. The van der Waals surface area contributed by atoms with Gasteiger partial charge in [-0.1, -0.05) is 54.4 Å². The van der Waals surface area contributed by atoms with Gasteiger partial charge in [-0.05, 0) is 74.4 Å². The molecule has 0 spiro atoms. The van der Waals surface area contributed by atoms with Crippen molar-refractivity contribution in [2.75, 3.05) is 18.0 Å². The molecule has 0 aliphatic carbocycles. The third kappa shape index (κ3) is 7.68. The van der Waals surface area contributed by atoms with Crippen LogP contribution in [0.4, 0.5) is 5.69 Å². The molecular weight excluding hydrogens is 573 g/mol. The van der Waals surface area contributed by atoms with Crippen LogP contribution >= 0.6 is 23.2 Å². The summed E-state index contributed by atoms with van der Waals surface area (Å²) in [6.07, 6.45) is 0.298. The quantitative estimate of drug-likeness (QED) is 0.293. The second-order valence-electron chi connectivity index (χ2n) is 9.37. The van der Waals surface area contributed by atoms with Crippen molar-refractivity contribution < 1.29 is 22.7 Å². The van der Waals surface area contributed by atoms with Gasteiger partial charge in [-0.25, -0.2) is 8.42 Å². The summed E-state index contributed by atoms with van der Waals surface area (Å²) in [5.74, 6) is -0.424. The fourth-order valence-electron chi connectivity index (χ4n) is 4.13. The summed E-state index contributed by atoms with van der Waals surface area (Å²) in [6, 6.07) is 18.1. The standard InChI is InChI=1S/C29H33Cl2N3O5S/c1-5-27(29(36)32-20(2)3)33(18-21-11-12-22(30)17-26(21)31)28(35)19-34(23-9-7-6-8-10-23)40(37,38)25-15-13-24(39-4)14-16-25/h6-17,20,27H,5,18-19H2,1-4H3,(H,32,36)/t27-/m1/s1. The maximum Gasteiger partial charge on any atom is 0.264 e. The summed E-state index contributed by atoms with van der Waals surface area (Å²) >= 11 is 12.5. The molecule has 0 unspecified atom stereocenters. The second-order valence-corrected chi connectivity index (χ2v) is 12.1. The summed E-state index contributed by atoms with van der Waals surface area (Å²) in [7, 11) is -2.69. The van der Waals surface area contributed by atoms with E-state index in [2.05, 4.69) is 5.32 Å². The minimum Gasteiger partial charge on any atom is -0.497 e. The summed E-state index contributed by atoms with van der Waals surface area (Å²) in [5.41, 5.74) is 0.871. The molecule has 0 saturated heterocycles. The number of nitrogens with zero attached hydrogens (tertiary/aromatic N) is 2. The van der Waals surface area contributed by atoms with E-state index >= 15 is 0 Å². The Bertz CT molecular complexity index is 1420. The van der Waals surface area contributed by atoms with E-state index in [0.29, 0.717) is 33.5 Å². The Labute approximate surface area is 245 Å². The zero-order valence-electron chi connectivity index (χ0n) is 22.8. The molecule has 11 heteroatoms. The number of halogens is 2. The highest BCUT2D eigenvalue weighted by Crippen LogP contribution is 2.27. The number of hydrogen-bond acceptors (Lipinski definition) is 5. The third-order valence-corrected chi connectivity index (χ3v) is 8.52. The first-order valence-electron chi connectivity index (χ1n) is 12.7. The van der Waals surface area contributed by atoms with Gasteiger partial charge in [0.25, 0.3) is 10.0 Å². The molecule has 0 aromatic heterocycles. The van der Waals surface area contributed by atoms with Crippen LogP contribution in [0.2, 0.25) is 10.0 Å². The zero-order chi connectivity index (χ0) is 29.4. The lowest BCUT2D eigenvalue weighted by atomic mass is 10.1. The number of sulfonamides is 1. The molecule has 0 radical (unpaired) electrons. The Hall–Kier alpha value is -3.27. The molecule has 0 saturated carbocycles. The Morgan fingerprint density at radius 3 is 2.17 bits per heavy atom. The Kier molecular flexibility index (Phi) is 10.8. The smallest absolute Gasteiger partial charge is 0.264 e. The van der Waals surface area contributed by atoms with Crippen LogP contribution in [0, 0.1) is 0 Å². The number of carbonyl (C=O) groups is 2. The monoisotopic (exact) mass is 605 g/mol. The van der Waals surface area contributed by atoms with E-state index in [4.69, 9.17) is 27.9 Å². The van der Waals surface area contributed by atoms with Gasteiger partial charge in [-0.2, -0.15) is 0 Å². The van der Waals surface area contributed by atoms with Crippen LogP contribution in [-0.4, -0.2) is 50.9 Å². The fourth-order valence-corrected chi connectivity index (χ4v) is 6.01. The van der Waals surface area contributed by atoms with Crippen LogP contribution in [0.25, 0.3) is 0 Å². The molecule has 1 N–H and O–H groups in total. The molecule has 0 aliphatic rings. The lowest BCUT2D eigenvalue weighted by Gasteiger charge is -2.33. The van der Waals surface area contributed by atoms with E-state index in [-0.39, 0.29) is 23.4 Å². The van der Waals surface area contributed by atoms with Gasteiger partial charge in [-0.15, -0.1) is 0 Å². The average molecular weight is 607 g/mol. The van der Waals surface area contributed by atoms with Gasteiger partial charge in [0.15, 0.2) is 0 Å². The predicted octanol–water partition coefficient (Wildman–Crippen LogP) is 5.53. The topological polar surface area (TPSA) is 96.0 Å². The number of carbonyl (C=O) groups excluding carboxylic acids is 2. The molecule has 2 amide bonds. The molecule has 8 nitrogen and oxygen atoms in total. The summed E-state index contributed by atoms with van der Waals surface area (Å²) in [5, 5.41) is 3.62. The molecule has 3 rings (SSSR count). The normalized spacial score (nSPS) is 12.1. The van der Waals surface area contributed by atoms with E-state index in [1.54, 1.807) is 55.5 Å². The Morgan fingerprint density at radius 2 is 1.62 bits per heavy atom. The highest BCUT2D eigenvalue weighted by Gasteiger charge is 2.34. The van der Waals surface area contributed by atoms with Crippen molar-refractivity contribution >= 4 is 50.7 Å². The number of rotatable bonds is 12. The van der Waals surface area contributed by atoms with Crippen molar-refractivity contribution in [3.63, 3.8) is 0 Å². The molecule has 1 atom stereocenters. The molecule has 0 bridgehead atoms. The van der Waals surface area contributed by atoms with Gasteiger partial charge < -0.3 is 15.0 Å². The lowest BCUT2D eigenvalue weighted by molar-refractivity contribution is -0.140. The highest BCUT2D eigenvalue weighted by atomic mass is 35.5. The summed E-state index contributed by atoms with van der Waals surface area (Å²) in [4.78, 5) is 28.6. The number of hydrogen-bond donors (Lipinski definition) is 1. The third-order valence-electron chi connectivity index (χ3n) is 6.14. The van der Waals surface area contributed by atoms with Gasteiger partial charge >= 0.3 is 0 Å². The number of anilines is 1. The van der Waals surface area contributed by atoms with Crippen molar-refractivity contribution in [3.8, 4) is 5.75 Å². The maximum absolute atomic E-state index is 14.0. The van der Waals surface area contributed by atoms with E-state index in [9.17, 15) is 18.0 Å². The molecule has 40 heavy (non-hydrogen) atoms. The van der Waals surface area contributed by atoms with Crippen LogP contribution in [-0.2, 0) is 26.2 Å². The number of nitrogens with one attached hydrogen (secondary N) is 1. The van der Waals surface area contributed by atoms with Crippen LogP contribution in [0.3, 0.4) is 0 Å². The van der Waals surface area contributed by atoms with E-state index in [0.717, 1.165) is 4.31 Å². The van der Waals surface area contributed by atoms with Crippen LogP contribution in [0.5, 0.6) is 5.75 Å². The lowest BCUT2D eigenvalue weighted by Crippen LogP contribution is -2.53. The van der Waals surface area contributed by atoms with Gasteiger partial charge in [-0.3, -0.25) is 13.9 Å². The molecule has 3 aromatic rings. The highest BCUT2D eigenvalue weighted by molar-refractivity contribution is 7.92. The molecule has 0 heterocycles. The molecular formula is C29H33Cl2N3O5S. The Morgan fingerprint density at radius 1 is 0.975 bits per heavy atom. The van der Waals surface area contributed by atoms with E-state index < -0.39 is 28.5 Å². The maximum atomic E-state index is 14.0. The number of methoxy groups -OCH3 is 1. The van der Waals surface area contributed by atoms with Crippen molar-refractivity contribution in [1.82, 2.24) is 10.2 Å². The van der Waals surface area contributed by atoms with Crippen LogP contribution in [0.15, 0.2) is 77.7 Å². The summed E-state index contributed by atoms with van der Waals surface area (Å²) in [6.45, 7) is 4.87. The van der Waals surface area contributed by atoms with Gasteiger partial charge in [0, 0.05) is 22.6 Å². The summed E-state index contributed by atoms with van der Waals surface area (Å²) < 4.78 is 33.9. The first-order chi connectivity index (χ1) is 19.0. The second kappa shape index (κ2) is 13.9. The van der Waals surface area contributed by atoms with Crippen molar-refractivity contribution in [2.45, 2.75) is 50.7 Å². The molecule has 214 valence electrons. The van der Waals surface area contributed by atoms with Crippen LogP contribution < -0.4 is 14.4 Å². The molecule has 0 aliphatic heterocycles. The van der Waals surface area contributed by atoms with Crippen molar-refractivity contribution in [2.24, 2.45) is 0 Å². The molecule has 3 aromatic carbocycles. The van der Waals surface area contributed by atoms with Crippen molar-refractivity contribution in [3.05, 3.63) is 88.4 Å². The first kappa shape index (κ1) is 31.3. The van der Waals surface area contributed by atoms with Gasteiger partial charge in [0.2, 0.25) is 11.8 Å². The van der Waals surface area contributed by atoms with Gasteiger partial charge in [0.05, 0.1) is 17.7 Å². The van der Waals surface area contributed by atoms with E-state index in [1.807, 2.05) is 13.8 Å². The van der Waals surface area contributed by atoms with Gasteiger partial charge in [0.1, 0.15) is 18.3 Å². The first-order valence-corrected chi connectivity index (χ1v) is 14.9. The largest absolute Gasteiger partial charge is 0.497 e. The zero-order valence-corrected chi connectivity index (χ0v) is 25.1. The van der Waals surface area contributed by atoms with E-state index in [1.165, 1.54) is 36.3 Å². The van der Waals surface area contributed by atoms with Crippen molar-refractivity contribution in [1.29, 1.82) is 0 Å². The van der Waals surface area contributed by atoms with Crippen LogP contribution in [0.1, 0.15) is 32.8 Å². The molecule has 0 fully saturated rings. The fraction of sp³-hybridized carbons (Fsp3) is 0.310. The number of benzene rings is 3.